The van der Waals surface area contributed by atoms with Crippen molar-refractivity contribution in [1.82, 2.24) is 19.5 Å². The van der Waals surface area contributed by atoms with Gasteiger partial charge >= 0.3 is 5.69 Å². The lowest BCUT2D eigenvalue weighted by molar-refractivity contribution is 0.688. The van der Waals surface area contributed by atoms with Gasteiger partial charge in [0.2, 0.25) is 5.95 Å². The Morgan fingerprint density at radius 2 is 2.24 bits per heavy atom. The van der Waals surface area contributed by atoms with Crippen LogP contribution in [0.2, 0.25) is 0 Å². The van der Waals surface area contributed by atoms with Gasteiger partial charge in [0, 0.05) is 12.7 Å². The lowest BCUT2D eigenvalue weighted by Crippen LogP contribution is -2.25. The SMILES string of the molecule is CCNc1ncn(Cc2ccccn2)c(=O)n1. The zero-order chi connectivity index (χ0) is 12.1. The van der Waals surface area contributed by atoms with Gasteiger partial charge in [-0.05, 0) is 19.1 Å². The molecule has 6 nitrogen and oxygen atoms in total. The van der Waals surface area contributed by atoms with E-state index in [1.165, 1.54) is 10.9 Å². The van der Waals surface area contributed by atoms with Crippen LogP contribution in [-0.4, -0.2) is 26.1 Å². The van der Waals surface area contributed by atoms with Gasteiger partial charge in [-0.15, -0.1) is 0 Å². The highest BCUT2D eigenvalue weighted by Crippen LogP contribution is 1.96. The number of pyridine rings is 1. The minimum absolute atomic E-state index is 0.332. The van der Waals surface area contributed by atoms with Gasteiger partial charge in [0.05, 0.1) is 12.2 Å². The third-order valence-electron chi connectivity index (χ3n) is 2.16. The summed E-state index contributed by atoms with van der Waals surface area (Å²) >= 11 is 0. The molecule has 2 heterocycles. The minimum Gasteiger partial charge on any atom is -0.354 e. The monoisotopic (exact) mass is 231 g/mol. The van der Waals surface area contributed by atoms with Crippen molar-refractivity contribution in [3.8, 4) is 0 Å². The van der Waals surface area contributed by atoms with Crippen LogP contribution >= 0.6 is 0 Å². The van der Waals surface area contributed by atoms with E-state index in [-0.39, 0.29) is 5.69 Å². The summed E-state index contributed by atoms with van der Waals surface area (Å²) in [4.78, 5) is 23.7. The zero-order valence-electron chi connectivity index (χ0n) is 9.50. The molecule has 88 valence electrons. The minimum atomic E-state index is -0.332. The molecule has 2 aromatic rings. The summed E-state index contributed by atoms with van der Waals surface area (Å²) in [5, 5.41) is 2.89. The highest BCUT2D eigenvalue weighted by Gasteiger charge is 2.02. The molecular formula is C11H13N5O. The Bertz CT molecular complexity index is 537. The maximum Gasteiger partial charge on any atom is 0.352 e. The van der Waals surface area contributed by atoms with Crippen LogP contribution in [0.1, 0.15) is 12.6 Å². The Hall–Kier alpha value is -2.24. The van der Waals surface area contributed by atoms with Crippen molar-refractivity contribution in [1.29, 1.82) is 0 Å². The molecule has 0 aliphatic rings. The maximum absolute atomic E-state index is 11.7. The van der Waals surface area contributed by atoms with Crippen LogP contribution in [0.25, 0.3) is 0 Å². The van der Waals surface area contributed by atoms with E-state index in [0.717, 1.165) is 5.69 Å². The summed E-state index contributed by atoms with van der Waals surface area (Å²) in [6, 6.07) is 5.56. The summed E-state index contributed by atoms with van der Waals surface area (Å²) in [7, 11) is 0. The Labute approximate surface area is 98.4 Å². The molecule has 0 radical (unpaired) electrons. The van der Waals surface area contributed by atoms with Crippen molar-refractivity contribution >= 4 is 5.95 Å². The number of anilines is 1. The van der Waals surface area contributed by atoms with E-state index in [1.807, 2.05) is 25.1 Å². The lowest BCUT2D eigenvalue weighted by atomic mass is 10.3. The van der Waals surface area contributed by atoms with E-state index >= 15 is 0 Å². The number of nitrogens with zero attached hydrogens (tertiary/aromatic N) is 4. The molecule has 0 aromatic carbocycles. The predicted molar refractivity (Wildman–Crippen MR) is 63.8 cm³/mol. The lowest BCUT2D eigenvalue weighted by Gasteiger charge is -2.05. The van der Waals surface area contributed by atoms with Gasteiger partial charge in [-0.3, -0.25) is 9.55 Å². The molecule has 0 bridgehead atoms. The van der Waals surface area contributed by atoms with E-state index < -0.39 is 0 Å². The maximum atomic E-state index is 11.7. The molecular weight excluding hydrogens is 218 g/mol. The second kappa shape index (κ2) is 5.20. The van der Waals surface area contributed by atoms with Crippen LogP contribution in [0, 0.1) is 0 Å². The first-order valence-electron chi connectivity index (χ1n) is 5.37. The van der Waals surface area contributed by atoms with Gasteiger partial charge < -0.3 is 5.32 Å². The van der Waals surface area contributed by atoms with E-state index in [9.17, 15) is 4.79 Å². The average Bonchev–Trinajstić information content (AvgIpc) is 2.34. The number of hydrogen-bond donors (Lipinski definition) is 1. The second-order valence-electron chi connectivity index (χ2n) is 3.44. The summed E-state index contributed by atoms with van der Waals surface area (Å²) in [5.41, 5.74) is 0.469. The Morgan fingerprint density at radius 1 is 1.35 bits per heavy atom. The first kappa shape index (κ1) is 11.3. The van der Waals surface area contributed by atoms with E-state index in [4.69, 9.17) is 0 Å². The standard InChI is InChI=1S/C11H13N5O/c1-2-12-10-14-8-16(11(17)15-10)7-9-5-3-4-6-13-9/h3-6,8H,2,7H2,1H3,(H,12,15,17). The summed E-state index contributed by atoms with van der Waals surface area (Å²) in [6.07, 6.45) is 3.16. The average molecular weight is 231 g/mol. The largest absolute Gasteiger partial charge is 0.354 e. The molecule has 0 aliphatic heterocycles. The van der Waals surface area contributed by atoms with Gasteiger partial charge in [-0.2, -0.15) is 4.98 Å². The van der Waals surface area contributed by atoms with Crippen LogP contribution in [-0.2, 0) is 6.54 Å². The molecule has 6 heteroatoms. The molecule has 0 aliphatic carbocycles. The Kier molecular flexibility index (Phi) is 3.44. The van der Waals surface area contributed by atoms with Crippen molar-refractivity contribution in [3.05, 3.63) is 46.9 Å². The third kappa shape index (κ3) is 2.87. The molecule has 2 aromatic heterocycles. The van der Waals surface area contributed by atoms with Crippen LogP contribution in [0.4, 0.5) is 5.95 Å². The highest BCUT2D eigenvalue weighted by molar-refractivity contribution is 5.20. The first-order chi connectivity index (χ1) is 8.29. The van der Waals surface area contributed by atoms with Crippen LogP contribution < -0.4 is 11.0 Å². The van der Waals surface area contributed by atoms with Gasteiger partial charge in [-0.1, -0.05) is 6.07 Å². The van der Waals surface area contributed by atoms with Gasteiger partial charge in [0.1, 0.15) is 6.33 Å². The Balaban J connectivity index is 2.20. The molecule has 0 atom stereocenters. The number of nitrogens with one attached hydrogen (secondary N) is 1. The molecule has 0 amide bonds. The van der Waals surface area contributed by atoms with Crippen LogP contribution in [0.15, 0.2) is 35.5 Å². The smallest absolute Gasteiger partial charge is 0.352 e. The second-order valence-corrected chi connectivity index (χ2v) is 3.44. The van der Waals surface area contributed by atoms with E-state index in [1.54, 1.807) is 6.20 Å². The van der Waals surface area contributed by atoms with Gasteiger partial charge in [-0.25, -0.2) is 9.78 Å². The van der Waals surface area contributed by atoms with Gasteiger partial charge in [0.25, 0.3) is 0 Å². The topological polar surface area (TPSA) is 72.7 Å². The molecule has 0 unspecified atom stereocenters. The highest BCUT2D eigenvalue weighted by atomic mass is 16.1. The van der Waals surface area contributed by atoms with Crippen molar-refractivity contribution in [2.75, 3.05) is 11.9 Å². The fraction of sp³-hybridized carbons (Fsp3) is 0.273. The quantitative estimate of drug-likeness (QED) is 0.830. The summed E-state index contributed by atoms with van der Waals surface area (Å²) in [5.74, 6) is 0.356. The molecule has 17 heavy (non-hydrogen) atoms. The molecule has 0 saturated carbocycles. The molecule has 0 spiro atoms. The first-order valence-corrected chi connectivity index (χ1v) is 5.37. The third-order valence-corrected chi connectivity index (χ3v) is 2.16. The number of aromatic nitrogens is 4. The van der Waals surface area contributed by atoms with Crippen molar-refractivity contribution in [2.45, 2.75) is 13.5 Å². The fourth-order valence-electron chi connectivity index (χ4n) is 1.38. The normalized spacial score (nSPS) is 10.2. The molecule has 0 fully saturated rings. The number of hydrogen-bond acceptors (Lipinski definition) is 5. The molecule has 2 rings (SSSR count). The number of rotatable bonds is 4. The Morgan fingerprint density at radius 3 is 2.88 bits per heavy atom. The van der Waals surface area contributed by atoms with Gasteiger partial charge in [0.15, 0.2) is 0 Å². The van der Waals surface area contributed by atoms with Crippen molar-refractivity contribution < 1.29 is 0 Å². The zero-order valence-corrected chi connectivity index (χ0v) is 9.50. The predicted octanol–water partition coefficient (Wildman–Crippen LogP) is 0.513. The van der Waals surface area contributed by atoms with E-state index in [0.29, 0.717) is 19.0 Å². The summed E-state index contributed by atoms with van der Waals surface area (Å²) < 4.78 is 1.42. The fourth-order valence-corrected chi connectivity index (χ4v) is 1.38. The molecule has 1 N–H and O–H groups in total. The van der Waals surface area contributed by atoms with Crippen LogP contribution in [0.3, 0.4) is 0 Å². The van der Waals surface area contributed by atoms with Crippen molar-refractivity contribution in [3.63, 3.8) is 0 Å². The van der Waals surface area contributed by atoms with Crippen molar-refractivity contribution in [2.24, 2.45) is 0 Å². The summed E-state index contributed by atoms with van der Waals surface area (Å²) in [6.45, 7) is 2.98. The van der Waals surface area contributed by atoms with Crippen LogP contribution in [0.5, 0.6) is 0 Å². The van der Waals surface area contributed by atoms with E-state index in [2.05, 4.69) is 20.3 Å². The molecule has 0 saturated heterocycles.